The maximum absolute atomic E-state index is 12.9. The van der Waals surface area contributed by atoms with Gasteiger partial charge in [0, 0.05) is 12.8 Å². The molecular weight excluding hydrogens is 1110 g/mol. The van der Waals surface area contributed by atoms with Crippen LogP contribution in [0, 0.1) is 0 Å². The Balaban J connectivity index is 3.93. The van der Waals surface area contributed by atoms with Crippen LogP contribution in [0.3, 0.4) is 0 Å². The number of ether oxygens (including phenoxy) is 2. The predicted octanol–water partition coefficient (Wildman–Crippen LogP) is 24.5. The molecule has 0 aliphatic carbocycles. The molecule has 0 aromatic heterocycles. The van der Waals surface area contributed by atoms with Crippen molar-refractivity contribution in [1.29, 1.82) is 0 Å². The van der Waals surface area contributed by atoms with Crippen LogP contribution in [0.4, 0.5) is 0 Å². The molecule has 0 heterocycles. The molecule has 1 N–H and O–H groups in total. The molecule has 0 rings (SSSR count). The highest BCUT2D eigenvalue weighted by molar-refractivity contribution is 7.47. The number of nitrogens with zero attached hydrogens (tertiary/aromatic N) is 1. The maximum Gasteiger partial charge on any atom is 0.472 e. The van der Waals surface area contributed by atoms with Crippen LogP contribution in [0.25, 0.3) is 0 Å². The lowest BCUT2D eigenvalue weighted by atomic mass is 10.0. The van der Waals surface area contributed by atoms with Crippen molar-refractivity contribution < 1.29 is 42.1 Å². The number of rotatable bonds is 69. The zero-order valence-corrected chi connectivity index (χ0v) is 59.4. The molecule has 0 bridgehead atoms. The quantitative estimate of drug-likeness (QED) is 0.0211. The summed E-state index contributed by atoms with van der Waals surface area (Å²) in [5, 5.41) is 0. The van der Waals surface area contributed by atoms with E-state index in [1.807, 2.05) is 21.1 Å². The van der Waals surface area contributed by atoms with E-state index in [0.717, 1.165) is 83.5 Å². The minimum absolute atomic E-state index is 0.0238. The zero-order chi connectivity index (χ0) is 64.1. The van der Waals surface area contributed by atoms with Gasteiger partial charge >= 0.3 is 19.8 Å². The molecule has 0 radical (unpaired) electrons. The largest absolute Gasteiger partial charge is 0.472 e. The maximum atomic E-state index is 12.9. The molecule has 0 aromatic carbocycles. The Kier molecular flexibility index (Phi) is 66.4. The van der Waals surface area contributed by atoms with Gasteiger partial charge in [-0.3, -0.25) is 18.6 Å². The summed E-state index contributed by atoms with van der Waals surface area (Å²) in [4.78, 5) is 35.9. The van der Waals surface area contributed by atoms with Crippen molar-refractivity contribution in [3.05, 3.63) is 85.1 Å². The zero-order valence-electron chi connectivity index (χ0n) is 58.5. The van der Waals surface area contributed by atoms with Crippen molar-refractivity contribution in [1.82, 2.24) is 0 Å². The van der Waals surface area contributed by atoms with E-state index in [1.165, 1.54) is 231 Å². The smallest absolute Gasteiger partial charge is 0.462 e. The predicted molar refractivity (Wildman–Crippen MR) is 381 cm³/mol. The second-order valence-corrected chi connectivity index (χ2v) is 27.8. The number of likely N-dealkylation sites (N-methyl/N-ethyl adjacent to an activating group) is 1. The third-order valence-corrected chi connectivity index (χ3v) is 17.4. The fraction of sp³-hybridized carbons (Fsp3) is 0.795. The van der Waals surface area contributed by atoms with E-state index in [4.69, 9.17) is 18.5 Å². The molecule has 0 saturated heterocycles. The first-order valence-electron chi connectivity index (χ1n) is 37.3. The summed E-state index contributed by atoms with van der Waals surface area (Å²) in [6.07, 6.45) is 94.5. The number of unbranched alkanes of at least 4 members (excludes halogenated alkanes) is 41. The van der Waals surface area contributed by atoms with Gasteiger partial charge in [0.25, 0.3) is 0 Å². The van der Waals surface area contributed by atoms with Gasteiger partial charge in [0.1, 0.15) is 19.8 Å². The van der Waals surface area contributed by atoms with Gasteiger partial charge in [0.05, 0.1) is 27.7 Å². The number of esters is 2. The van der Waals surface area contributed by atoms with Crippen LogP contribution in [-0.4, -0.2) is 74.9 Å². The molecule has 0 amide bonds. The van der Waals surface area contributed by atoms with Crippen molar-refractivity contribution in [2.45, 2.75) is 354 Å². The summed E-state index contributed by atoms with van der Waals surface area (Å²) in [5.41, 5.74) is 0. The number of hydrogen-bond donors (Lipinski definition) is 1. The van der Waals surface area contributed by atoms with E-state index in [9.17, 15) is 19.0 Å². The fourth-order valence-electron chi connectivity index (χ4n) is 10.7. The number of carbonyl (C=O) groups is 2. The van der Waals surface area contributed by atoms with Crippen molar-refractivity contribution in [3.63, 3.8) is 0 Å². The van der Waals surface area contributed by atoms with Crippen LogP contribution >= 0.6 is 7.82 Å². The SMILES string of the molecule is CC/C=C\C/C=C\C/C=C\C/C=C\C/C=C\C/C=C\CCCCCCC(=O)OC(COC(=O)CCCCCCCCCCCCCCCCCCCCCCCCCCCCCCC/C=C\CCCCCCCCCC)COP(=O)(O)OCC[N+](C)(C)C. The molecule has 0 saturated carbocycles. The van der Waals surface area contributed by atoms with Crippen LogP contribution in [0.2, 0.25) is 0 Å². The minimum atomic E-state index is -4.40. The normalized spacial score (nSPS) is 13.6. The van der Waals surface area contributed by atoms with E-state index >= 15 is 0 Å². The first-order chi connectivity index (χ1) is 43.0. The summed E-state index contributed by atoms with van der Waals surface area (Å²) in [6.45, 7) is 4.32. The van der Waals surface area contributed by atoms with Gasteiger partial charge in [0.15, 0.2) is 6.10 Å². The Morgan fingerprint density at radius 1 is 0.364 bits per heavy atom. The second-order valence-electron chi connectivity index (χ2n) is 26.3. The molecule has 512 valence electrons. The van der Waals surface area contributed by atoms with Crippen LogP contribution in [0.15, 0.2) is 85.1 Å². The number of hydrogen-bond acceptors (Lipinski definition) is 7. The Morgan fingerprint density at radius 3 is 0.977 bits per heavy atom. The van der Waals surface area contributed by atoms with Crippen LogP contribution in [0.1, 0.15) is 348 Å². The van der Waals surface area contributed by atoms with E-state index in [1.54, 1.807) is 0 Å². The van der Waals surface area contributed by atoms with E-state index < -0.39 is 26.5 Å². The molecule has 9 nitrogen and oxygen atoms in total. The molecule has 0 spiro atoms. The summed E-state index contributed by atoms with van der Waals surface area (Å²) >= 11 is 0. The third-order valence-electron chi connectivity index (χ3n) is 16.4. The number of quaternary nitrogens is 1. The first-order valence-corrected chi connectivity index (χ1v) is 38.8. The highest BCUT2D eigenvalue weighted by Gasteiger charge is 2.27. The monoisotopic (exact) mass is 1250 g/mol. The molecule has 88 heavy (non-hydrogen) atoms. The minimum Gasteiger partial charge on any atom is -0.462 e. The van der Waals surface area contributed by atoms with Gasteiger partial charge in [-0.15, -0.1) is 0 Å². The van der Waals surface area contributed by atoms with Gasteiger partial charge in [0.2, 0.25) is 0 Å². The standard InChI is InChI=1S/C78H142NO8P/c1-6-8-10-12-14-16-18-20-22-24-26-28-30-31-32-33-34-35-36-37-38-39-40-41-42-43-44-45-46-47-49-50-52-54-56-58-60-62-64-66-68-70-77(80)84-74-76(75-86-88(82,83)85-73-72-79(3,4)5)87-78(81)71-69-67-65-63-61-59-57-55-53-51-48-29-27-25-23-21-19-17-15-13-11-9-7-2/h9,11,15,17,21,23-24,26-27,29,51,53,57,59,76H,6-8,10,12-14,16,18-20,22,25,28,30-50,52,54-56,58,60-75H2,1-5H3/p+1/b11-9-,17-15-,23-21-,26-24-,29-27-,53-51-,59-57-. The molecule has 2 atom stereocenters. The number of phosphoric ester groups is 1. The van der Waals surface area contributed by atoms with Gasteiger partial charge in [-0.2, -0.15) is 0 Å². The van der Waals surface area contributed by atoms with Crippen LogP contribution in [0.5, 0.6) is 0 Å². The lowest BCUT2D eigenvalue weighted by Crippen LogP contribution is -2.37. The van der Waals surface area contributed by atoms with Crippen LogP contribution < -0.4 is 0 Å². The highest BCUT2D eigenvalue weighted by atomic mass is 31.2. The molecule has 0 aliphatic heterocycles. The lowest BCUT2D eigenvalue weighted by Gasteiger charge is -2.24. The Bertz CT molecular complexity index is 1760. The van der Waals surface area contributed by atoms with Gasteiger partial charge in [-0.1, -0.05) is 330 Å². The summed E-state index contributed by atoms with van der Waals surface area (Å²) in [6, 6.07) is 0. The van der Waals surface area contributed by atoms with Crippen LogP contribution in [-0.2, 0) is 32.7 Å². The topological polar surface area (TPSA) is 108 Å². The summed E-state index contributed by atoms with van der Waals surface area (Å²) < 4.78 is 34.7. The Morgan fingerprint density at radius 2 is 0.648 bits per heavy atom. The third kappa shape index (κ3) is 72.3. The van der Waals surface area contributed by atoms with Gasteiger partial charge in [-0.05, 0) is 89.9 Å². The van der Waals surface area contributed by atoms with Crippen molar-refractivity contribution in [2.24, 2.45) is 0 Å². The molecule has 0 aromatic rings. The molecule has 10 heteroatoms. The molecule has 2 unspecified atom stereocenters. The average molecular weight is 1250 g/mol. The molecule has 0 aliphatic rings. The summed E-state index contributed by atoms with van der Waals surface area (Å²) in [7, 11) is 1.46. The molecule has 0 fully saturated rings. The summed E-state index contributed by atoms with van der Waals surface area (Å²) in [5.74, 6) is -0.818. The number of carbonyl (C=O) groups excluding carboxylic acids is 2. The average Bonchev–Trinajstić information content (AvgIpc) is 3.68. The van der Waals surface area contributed by atoms with Crippen molar-refractivity contribution in [2.75, 3.05) is 47.5 Å². The van der Waals surface area contributed by atoms with E-state index in [0.29, 0.717) is 17.4 Å². The second kappa shape index (κ2) is 68.6. The van der Waals surface area contributed by atoms with Gasteiger partial charge in [-0.25, -0.2) is 4.57 Å². The Labute approximate surface area is 545 Å². The van der Waals surface area contributed by atoms with Crippen molar-refractivity contribution in [3.8, 4) is 0 Å². The van der Waals surface area contributed by atoms with E-state index in [2.05, 4.69) is 98.9 Å². The highest BCUT2D eigenvalue weighted by Crippen LogP contribution is 2.43. The fourth-order valence-corrected chi connectivity index (χ4v) is 11.5. The van der Waals surface area contributed by atoms with Crippen molar-refractivity contribution >= 4 is 19.8 Å². The lowest BCUT2D eigenvalue weighted by molar-refractivity contribution is -0.870. The number of phosphoric acid groups is 1. The Hall–Kier alpha value is -2.81. The molecular formula is C78H143NO8P+. The van der Waals surface area contributed by atoms with E-state index in [-0.39, 0.29) is 32.0 Å². The number of allylic oxidation sites excluding steroid dienone is 14. The van der Waals surface area contributed by atoms with Gasteiger partial charge < -0.3 is 18.9 Å². The first kappa shape index (κ1) is 85.2.